The van der Waals surface area contributed by atoms with Crippen molar-refractivity contribution in [3.05, 3.63) is 41.8 Å². The maximum atomic E-state index is 12.2. The van der Waals surface area contributed by atoms with Crippen LogP contribution in [0.5, 0.6) is 0 Å². The number of amides is 1. The van der Waals surface area contributed by atoms with Gasteiger partial charge in [-0.1, -0.05) is 18.2 Å². The summed E-state index contributed by atoms with van der Waals surface area (Å²) in [7, 11) is 0. The van der Waals surface area contributed by atoms with E-state index >= 15 is 0 Å². The minimum Gasteiger partial charge on any atom is -0.440 e. The number of carbonyl (C=O) groups is 1. The monoisotopic (exact) mass is 286 g/mol. The first-order chi connectivity index (χ1) is 10.3. The van der Waals surface area contributed by atoms with Crippen molar-refractivity contribution in [1.29, 1.82) is 0 Å². The highest BCUT2D eigenvalue weighted by Crippen LogP contribution is 2.43. The van der Waals surface area contributed by atoms with Crippen LogP contribution in [0.1, 0.15) is 41.4 Å². The number of aliphatic hydroxyl groups excluding tert-OH is 1. The Labute approximate surface area is 123 Å². The summed E-state index contributed by atoms with van der Waals surface area (Å²) >= 11 is 0. The van der Waals surface area contributed by atoms with Gasteiger partial charge in [-0.05, 0) is 31.4 Å². The van der Waals surface area contributed by atoms with E-state index in [0.717, 1.165) is 18.4 Å². The average Bonchev–Trinajstić information content (AvgIpc) is 3.27. The van der Waals surface area contributed by atoms with Gasteiger partial charge in [-0.3, -0.25) is 4.79 Å². The molecule has 0 aliphatic heterocycles. The quantitative estimate of drug-likeness (QED) is 0.799. The Morgan fingerprint density at radius 1 is 1.33 bits per heavy atom. The number of oxazole rings is 1. The summed E-state index contributed by atoms with van der Waals surface area (Å²) in [5.74, 6) is 1.27. The summed E-state index contributed by atoms with van der Waals surface area (Å²) in [4.78, 5) is 16.6. The van der Waals surface area contributed by atoms with Crippen molar-refractivity contribution in [3.63, 3.8) is 0 Å². The zero-order valence-electron chi connectivity index (χ0n) is 11.7. The summed E-state index contributed by atoms with van der Waals surface area (Å²) in [6, 6.07) is 9.58. The molecule has 5 nitrogen and oxygen atoms in total. The predicted molar refractivity (Wildman–Crippen MR) is 78.0 cm³/mol. The zero-order chi connectivity index (χ0) is 14.7. The number of rotatable bonds is 6. The van der Waals surface area contributed by atoms with Crippen molar-refractivity contribution in [2.75, 3.05) is 13.2 Å². The van der Waals surface area contributed by atoms with Crippen molar-refractivity contribution < 1.29 is 14.3 Å². The third-order valence-electron chi connectivity index (χ3n) is 3.46. The molecule has 1 aromatic carbocycles. The average molecular weight is 286 g/mol. The number of carbonyl (C=O) groups excluding carboxylic acids is 1. The van der Waals surface area contributed by atoms with Crippen LogP contribution in [0.25, 0.3) is 11.5 Å². The van der Waals surface area contributed by atoms with Gasteiger partial charge in [0.05, 0.1) is 0 Å². The molecule has 1 aliphatic rings. The third-order valence-corrected chi connectivity index (χ3v) is 3.46. The highest BCUT2D eigenvalue weighted by Gasteiger charge is 2.33. The number of hydrogen-bond acceptors (Lipinski definition) is 4. The molecule has 2 aromatic rings. The number of nitrogens with zero attached hydrogens (tertiary/aromatic N) is 1. The molecule has 0 spiro atoms. The van der Waals surface area contributed by atoms with Crippen LogP contribution in [-0.4, -0.2) is 29.1 Å². The van der Waals surface area contributed by atoms with Crippen LogP contribution in [0, 0.1) is 0 Å². The van der Waals surface area contributed by atoms with Crippen molar-refractivity contribution in [1.82, 2.24) is 10.3 Å². The molecule has 21 heavy (non-hydrogen) atoms. The molecule has 2 N–H and O–H groups in total. The van der Waals surface area contributed by atoms with E-state index in [0.29, 0.717) is 36.2 Å². The Morgan fingerprint density at radius 2 is 2.10 bits per heavy atom. The van der Waals surface area contributed by atoms with Crippen molar-refractivity contribution in [2.45, 2.75) is 25.2 Å². The molecule has 0 atom stereocenters. The van der Waals surface area contributed by atoms with Crippen LogP contribution in [0.2, 0.25) is 0 Å². The molecule has 1 amide bonds. The van der Waals surface area contributed by atoms with Crippen LogP contribution < -0.4 is 5.32 Å². The molecule has 0 saturated heterocycles. The van der Waals surface area contributed by atoms with E-state index in [1.165, 1.54) is 0 Å². The van der Waals surface area contributed by atoms with Crippen LogP contribution in [0.15, 0.2) is 34.7 Å². The molecule has 1 aliphatic carbocycles. The van der Waals surface area contributed by atoms with Gasteiger partial charge in [-0.15, -0.1) is 0 Å². The molecular weight excluding hydrogens is 268 g/mol. The maximum Gasteiger partial charge on any atom is 0.273 e. The molecule has 1 saturated carbocycles. The van der Waals surface area contributed by atoms with Gasteiger partial charge in [0.25, 0.3) is 5.91 Å². The summed E-state index contributed by atoms with van der Waals surface area (Å²) < 4.78 is 5.83. The van der Waals surface area contributed by atoms with E-state index in [9.17, 15) is 4.79 Å². The summed E-state index contributed by atoms with van der Waals surface area (Å²) in [6.07, 6.45) is 2.62. The van der Waals surface area contributed by atoms with Crippen LogP contribution in [-0.2, 0) is 0 Å². The minimum absolute atomic E-state index is 0.0594. The predicted octanol–water partition coefficient (Wildman–Crippen LogP) is 2.33. The van der Waals surface area contributed by atoms with Crippen molar-refractivity contribution >= 4 is 5.91 Å². The van der Waals surface area contributed by atoms with E-state index in [2.05, 4.69) is 10.3 Å². The second kappa shape index (κ2) is 6.10. The zero-order valence-corrected chi connectivity index (χ0v) is 11.7. The summed E-state index contributed by atoms with van der Waals surface area (Å²) in [6.45, 7) is 0.497. The lowest BCUT2D eigenvalue weighted by Gasteiger charge is -2.02. The normalized spacial score (nSPS) is 14.1. The Hall–Kier alpha value is -2.14. The van der Waals surface area contributed by atoms with Crippen LogP contribution in [0.4, 0.5) is 0 Å². The largest absolute Gasteiger partial charge is 0.440 e. The van der Waals surface area contributed by atoms with E-state index in [-0.39, 0.29) is 12.5 Å². The third kappa shape index (κ3) is 3.13. The summed E-state index contributed by atoms with van der Waals surface area (Å²) in [5.41, 5.74) is 1.25. The van der Waals surface area contributed by atoms with Gasteiger partial charge in [0.2, 0.25) is 5.89 Å². The fourth-order valence-corrected chi connectivity index (χ4v) is 2.19. The molecule has 1 aromatic heterocycles. The van der Waals surface area contributed by atoms with Crippen molar-refractivity contribution in [2.24, 2.45) is 0 Å². The SMILES string of the molecule is O=C(NCCCO)c1nc(-c2ccccc2)oc1C1CC1. The van der Waals surface area contributed by atoms with E-state index in [1.54, 1.807) is 0 Å². The van der Waals surface area contributed by atoms with E-state index < -0.39 is 0 Å². The van der Waals surface area contributed by atoms with Gasteiger partial charge < -0.3 is 14.8 Å². The first kappa shape index (κ1) is 13.8. The fraction of sp³-hybridized carbons (Fsp3) is 0.375. The molecule has 0 radical (unpaired) electrons. The Morgan fingerprint density at radius 3 is 2.76 bits per heavy atom. The van der Waals surface area contributed by atoms with Gasteiger partial charge in [0.1, 0.15) is 5.76 Å². The lowest BCUT2D eigenvalue weighted by atomic mass is 10.2. The smallest absolute Gasteiger partial charge is 0.273 e. The second-order valence-electron chi connectivity index (χ2n) is 5.21. The highest BCUT2D eigenvalue weighted by molar-refractivity contribution is 5.94. The van der Waals surface area contributed by atoms with Crippen LogP contribution >= 0.6 is 0 Å². The molecule has 5 heteroatoms. The summed E-state index contributed by atoms with van der Waals surface area (Å²) in [5, 5.41) is 11.5. The van der Waals surface area contributed by atoms with Crippen LogP contribution in [0.3, 0.4) is 0 Å². The van der Waals surface area contributed by atoms with Crippen molar-refractivity contribution in [3.8, 4) is 11.5 Å². The maximum absolute atomic E-state index is 12.2. The topological polar surface area (TPSA) is 75.4 Å². The number of nitrogens with one attached hydrogen (secondary N) is 1. The van der Waals surface area contributed by atoms with Gasteiger partial charge in [0.15, 0.2) is 5.69 Å². The molecule has 0 unspecified atom stereocenters. The van der Waals surface area contributed by atoms with Gasteiger partial charge in [-0.25, -0.2) is 4.98 Å². The van der Waals surface area contributed by atoms with Gasteiger partial charge in [0, 0.05) is 24.6 Å². The molecular formula is C16H18N2O3. The molecule has 1 heterocycles. The molecule has 0 bridgehead atoms. The number of benzene rings is 1. The molecule has 110 valence electrons. The van der Waals surface area contributed by atoms with E-state index in [1.807, 2.05) is 30.3 Å². The first-order valence-electron chi connectivity index (χ1n) is 7.25. The minimum atomic E-state index is -0.226. The lowest BCUT2D eigenvalue weighted by Crippen LogP contribution is -2.26. The lowest BCUT2D eigenvalue weighted by molar-refractivity contribution is 0.0944. The highest BCUT2D eigenvalue weighted by atomic mass is 16.4. The standard InChI is InChI=1S/C16H18N2O3/c19-10-4-9-17-15(20)13-14(11-7-8-11)21-16(18-13)12-5-2-1-3-6-12/h1-3,5-6,11,19H,4,7-10H2,(H,17,20). The first-order valence-corrected chi connectivity index (χ1v) is 7.25. The Bertz CT molecular complexity index is 618. The number of aliphatic hydroxyl groups is 1. The Kier molecular flexibility index (Phi) is 4.01. The van der Waals surface area contributed by atoms with Gasteiger partial charge in [-0.2, -0.15) is 0 Å². The van der Waals surface area contributed by atoms with Gasteiger partial charge >= 0.3 is 0 Å². The molecule has 3 rings (SSSR count). The second-order valence-corrected chi connectivity index (χ2v) is 5.21. The number of hydrogen-bond donors (Lipinski definition) is 2. The fourth-order valence-electron chi connectivity index (χ4n) is 2.19. The Balaban J connectivity index is 1.85. The molecule has 1 fully saturated rings. The number of aromatic nitrogens is 1. The van der Waals surface area contributed by atoms with E-state index in [4.69, 9.17) is 9.52 Å².